The zero-order valence-corrected chi connectivity index (χ0v) is 15.6. The second kappa shape index (κ2) is 7.11. The topological polar surface area (TPSA) is 59.7 Å². The van der Waals surface area contributed by atoms with E-state index in [1.54, 1.807) is 12.4 Å². The first-order valence-electron chi connectivity index (χ1n) is 9.77. The van der Waals surface area contributed by atoms with E-state index in [4.69, 9.17) is 4.74 Å². The normalized spacial score (nSPS) is 21.4. The number of aromatic nitrogens is 3. The van der Waals surface area contributed by atoms with E-state index >= 15 is 0 Å². The monoisotopic (exact) mass is 374 g/mol. The molecule has 1 fully saturated rings. The zero-order chi connectivity index (χ0) is 18.9. The minimum Gasteiger partial charge on any atom is -0.445 e. The van der Waals surface area contributed by atoms with Crippen LogP contribution in [0, 0.1) is 0 Å². The predicted molar refractivity (Wildman–Crippen MR) is 105 cm³/mol. The number of carbonyl (C=O) groups excluding carboxylic acids is 1. The third-order valence-corrected chi connectivity index (χ3v) is 5.70. The van der Waals surface area contributed by atoms with Gasteiger partial charge in [0.05, 0.1) is 24.1 Å². The summed E-state index contributed by atoms with van der Waals surface area (Å²) in [6, 6.07) is 10.1. The van der Waals surface area contributed by atoms with Crippen LogP contribution in [0.5, 0.6) is 0 Å². The van der Waals surface area contributed by atoms with E-state index in [1.165, 1.54) is 5.57 Å². The summed E-state index contributed by atoms with van der Waals surface area (Å²) in [6.07, 6.45) is 13.3. The number of nitrogens with zero attached hydrogens (tertiary/aromatic N) is 4. The number of hydrogen-bond acceptors (Lipinski definition) is 4. The first kappa shape index (κ1) is 17.0. The summed E-state index contributed by atoms with van der Waals surface area (Å²) in [5.74, 6) is 0. The van der Waals surface area contributed by atoms with Gasteiger partial charge in [-0.15, -0.1) is 0 Å². The molecule has 0 saturated carbocycles. The Balaban J connectivity index is 1.38. The van der Waals surface area contributed by atoms with Crippen molar-refractivity contribution in [2.75, 3.05) is 0 Å². The number of fused-ring (bicyclic) bond motifs is 3. The number of benzene rings is 1. The van der Waals surface area contributed by atoms with Crippen LogP contribution in [-0.4, -0.2) is 37.4 Å². The number of amides is 1. The summed E-state index contributed by atoms with van der Waals surface area (Å²) >= 11 is 0. The maximum atomic E-state index is 12.8. The van der Waals surface area contributed by atoms with Crippen LogP contribution in [0.1, 0.15) is 36.9 Å². The average molecular weight is 374 g/mol. The zero-order valence-electron chi connectivity index (χ0n) is 15.6. The lowest BCUT2D eigenvalue weighted by atomic mass is 9.84. The summed E-state index contributed by atoms with van der Waals surface area (Å²) in [4.78, 5) is 23.4. The Hall–Kier alpha value is -3.15. The van der Waals surface area contributed by atoms with Gasteiger partial charge in [0.25, 0.3) is 0 Å². The molecule has 6 nitrogen and oxygen atoms in total. The van der Waals surface area contributed by atoms with Crippen LogP contribution in [0.4, 0.5) is 4.79 Å². The molecule has 3 aromatic rings. The van der Waals surface area contributed by atoms with Crippen LogP contribution in [-0.2, 0) is 11.3 Å². The Labute approximate surface area is 163 Å². The fourth-order valence-corrected chi connectivity index (χ4v) is 4.38. The van der Waals surface area contributed by atoms with Gasteiger partial charge in [-0.3, -0.25) is 14.3 Å². The number of rotatable bonds is 3. The van der Waals surface area contributed by atoms with Crippen molar-refractivity contribution in [1.82, 2.24) is 19.3 Å². The minimum atomic E-state index is -0.212. The van der Waals surface area contributed by atoms with Gasteiger partial charge in [-0.2, -0.15) is 0 Å². The summed E-state index contributed by atoms with van der Waals surface area (Å²) in [5.41, 5.74) is 4.19. The predicted octanol–water partition coefficient (Wildman–Crippen LogP) is 4.08. The Morgan fingerprint density at radius 2 is 2.07 bits per heavy atom. The second-order valence-electron chi connectivity index (χ2n) is 7.44. The van der Waals surface area contributed by atoms with Gasteiger partial charge in [-0.1, -0.05) is 36.4 Å². The standard InChI is InChI=1S/C22H22N4O2/c27-22(28-15-16-5-2-1-3-6-16)26-18-7-4-8-19(26)12-17(11-18)20-13-24-21-14-23-9-10-25(20)21/h1-3,5-6,9-11,13-14,18-19H,4,7-8,12,15H2. The number of piperidine rings is 1. The van der Waals surface area contributed by atoms with Gasteiger partial charge < -0.3 is 4.74 Å². The first-order valence-corrected chi connectivity index (χ1v) is 9.77. The van der Waals surface area contributed by atoms with Crippen LogP contribution >= 0.6 is 0 Å². The van der Waals surface area contributed by atoms with Crippen molar-refractivity contribution in [3.05, 3.63) is 72.5 Å². The highest BCUT2D eigenvalue weighted by molar-refractivity contribution is 5.74. The summed E-state index contributed by atoms with van der Waals surface area (Å²) in [7, 11) is 0. The lowest BCUT2D eigenvalue weighted by Crippen LogP contribution is -2.51. The third kappa shape index (κ3) is 3.05. The molecule has 1 amide bonds. The van der Waals surface area contributed by atoms with Crippen molar-refractivity contribution in [3.63, 3.8) is 0 Å². The van der Waals surface area contributed by atoms with Crippen molar-refractivity contribution < 1.29 is 9.53 Å². The average Bonchev–Trinajstić information content (AvgIpc) is 3.16. The smallest absolute Gasteiger partial charge is 0.410 e. The van der Waals surface area contributed by atoms with E-state index in [1.807, 2.05) is 47.6 Å². The van der Waals surface area contributed by atoms with Crippen molar-refractivity contribution in [2.24, 2.45) is 0 Å². The van der Waals surface area contributed by atoms with Gasteiger partial charge in [-0.05, 0) is 36.8 Å². The molecule has 2 atom stereocenters. The molecule has 2 aliphatic heterocycles. The number of hydrogen-bond donors (Lipinski definition) is 0. The maximum absolute atomic E-state index is 12.8. The van der Waals surface area contributed by atoms with Crippen molar-refractivity contribution in [3.8, 4) is 0 Å². The van der Waals surface area contributed by atoms with Crippen LogP contribution < -0.4 is 0 Å². The second-order valence-corrected chi connectivity index (χ2v) is 7.44. The molecule has 142 valence electrons. The van der Waals surface area contributed by atoms with Crippen LogP contribution in [0.25, 0.3) is 11.2 Å². The third-order valence-electron chi connectivity index (χ3n) is 5.70. The number of carbonyl (C=O) groups is 1. The van der Waals surface area contributed by atoms with Crippen molar-refractivity contribution in [2.45, 2.75) is 44.4 Å². The molecule has 0 spiro atoms. The highest BCUT2D eigenvalue weighted by atomic mass is 16.6. The highest BCUT2D eigenvalue weighted by Gasteiger charge is 2.38. The van der Waals surface area contributed by atoms with E-state index in [0.717, 1.165) is 42.6 Å². The SMILES string of the molecule is O=C(OCc1ccccc1)N1C2C=C(c3cnc4cnccn34)CC1CCC2. The minimum absolute atomic E-state index is 0.0816. The molecule has 0 radical (unpaired) electrons. The molecular weight excluding hydrogens is 352 g/mol. The van der Waals surface area contributed by atoms with E-state index in [9.17, 15) is 4.79 Å². The summed E-state index contributed by atoms with van der Waals surface area (Å²) in [5, 5.41) is 0. The van der Waals surface area contributed by atoms with Gasteiger partial charge >= 0.3 is 6.09 Å². The molecule has 2 unspecified atom stereocenters. The molecule has 2 bridgehead atoms. The van der Waals surface area contributed by atoms with Crippen molar-refractivity contribution >= 4 is 17.3 Å². The molecule has 0 aliphatic carbocycles. The fourth-order valence-electron chi connectivity index (χ4n) is 4.38. The highest BCUT2D eigenvalue weighted by Crippen LogP contribution is 2.37. The Morgan fingerprint density at radius 1 is 1.18 bits per heavy atom. The number of ether oxygens (including phenoxy) is 1. The lowest BCUT2D eigenvalue weighted by Gasteiger charge is -2.44. The first-order chi connectivity index (χ1) is 13.8. The fraction of sp³-hybridized carbons (Fsp3) is 0.318. The molecule has 1 saturated heterocycles. The van der Waals surface area contributed by atoms with E-state index in [0.29, 0.717) is 6.61 Å². The van der Waals surface area contributed by atoms with Gasteiger partial charge in [0.2, 0.25) is 0 Å². The van der Waals surface area contributed by atoms with Crippen LogP contribution in [0.15, 0.2) is 61.2 Å². The molecule has 0 N–H and O–H groups in total. The molecule has 1 aromatic carbocycles. The van der Waals surface area contributed by atoms with Crippen molar-refractivity contribution in [1.29, 1.82) is 0 Å². The summed E-state index contributed by atoms with van der Waals surface area (Å²) < 4.78 is 7.70. The molecule has 5 rings (SSSR count). The molecule has 2 aliphatic rings. The van der Waals surface area contributed by atoms with Crippen LogP contribution in [0.3, 0.4) is 0 Å². The molecular formula is C22H22N4O2. The largest absolute Gasteiger partial charge is 0.445 e. The van der Waals surface area contributed by atoms with Crippen LogP contribution in [0.2, 0.25) is 0 Å². The maximum Gasteiger partial charge on any atom is 0.410 e. The van der Waals surface area contributed by atoms with Gasteiger partial charge in [0.1, 0.15) is 6.61 Å². The Bertz CT molecular complexity index is 1030. The van der Waals surface area contributed by atoms with E-state index in [-0.39, 0.29) is 18.2 Å². The van der Waals surface area contributed by atoms with Gasteiger partial charge in [0, 0.05) is 18.4 Å². The molecule has 2 aromatic heterocycles. The summed E-state index contributed by atoms with van der Waals surface area (Å²) in [6.45, 7) is 0.312. The molecule has 28 heavy (non-hydrogen) atoms. The molecule has 6 heteroatoms. The van der Waals surface area contributed by atoms with E-state index in [2.05, 4.69) is 20.4 Å². The number of imidazole rings is 1. The van der Waals surface area contributed by atoms with Gasteiger partial charge in [0.15, 0.2) is 5.65 Å². The molecule has 4 heterocycles. The quantitative estimate of drug-likeness (QED) is 0.693. The van der Waals surface area contributed by atoms with E-state index < -0.39 is 0 Å². The van der Waals surface area contributed by atoms with Gasteiger partial charge in [-0.25, -0.2) is 9.78 Å². The Morgan fingerprint density at radius 3 is 2.93 bits per heavy atom. The lowest BCUT2D eigenvalue weighted by molar-refractivity contribution is 0.0510. The Kier molecular flexibility index (Phi) is 4.31.